The van der Waals surface area contributed by atoms with Crippen LogP contribution in [-0.2, 0) is 0 Å². The molecule has 0 fully saturated rings. The summed E-state index contributed by atoms with van der Waals surface area (Å²) in [5.74, 6) is 0. The zero-order chi connectivity index (χ0) is 9.72. The quantitative estimate of drug-likeness (QED) is 0.414. The molecule has 12 heavy (non-hydrogen) atoms. The predicted octanol–water partition coefficient (Wildman–Crippen LogP) is 0.687. The van der Waals surface area contributed by atoms with Crippen LogP contribution in [0.5, 0.6) is 0 Å². The maximum absolute atomic E-state index is 10.7. The van der Waals surface area contributed by atoms with Crippen LogP contribution in [0.4, 0.5) is 0 Å². The highest BCUT2D eigenvalue weighted by molar-refractivity contribution is 7.80. The molecule has 68 valence electrons. The Bertz CT molecular complexity index is 353. The van der Waals surface area contributed by atoms with Gasteiger partial charge in [0.1, 0.15) is 0 Å². The van der Waals surface area contributed by atoms with Crippen molar-refractivity contribution in [3.8, 4) is 0 Å². The lowest BCUT2D eigenvalue weighted by Gasteiger charge is -1.92. The standard InChI is InChI=1S/C5H6N2O2S.C2H6/c1-2-3(8)6-5(9)7-4(2)10;1-2/h1H3,(H3,6,7,8,9,10);1-2H3. The van der Waals surface area contributed by atoms with Gasteiger partial charge in [-0.05, 0) is 6.92 Å². The SMILES string of the molecule is CC.Cc1c(S)[nH]c(=O)[nH]c1=O. The summed E-state index contributed by atoms with van der Waals surface area (Å²) >= 11 is 3.86. The van der Waals surface area contributed by atoms with Crippen LogP contribution in [0.1, 0.15) is 19.4 Å². The minimum atomic E-state index is -0.527. The number of aromatic amines is 2. The summed E-state index contributed by atoms with van der Waals surface area (Å²) < 4.78 is 0. The van der Waals surface area contributed by atoms with Crippen molar-refractivity contribution in [3.05, 3.63) is 26.4 Å². The van der Waals surface area contributed by atoms with Gasteiger partial charge in [0.15, 0.2) is 0 Å². The molecule has 0 unspecified atom stereocenters. The molecule has 0 saturated carbocycles. The van der Waals surface area contributed by atoms with E-state index in [0.29, 0.717) is 10.6 Å². The Morgan fingerprint density at radius 1 is 1.17 bits per heavy atom. The molecule has 0 aliphatic rings. The molecular weight excluding hydrogens is 176 g/mol. The van der Waals surface area contributed by atoms with Crippen molar-refractivity contribution in [2.75, 3.05) is 0 Å². The first-order chi connectivity index (χ1) is 5.61. The highest BCUT2D eigenvalue weighted by atomic mass is 32.1. The van der Waals surface area contributed by atoms with Crippen LogP contribution in [-0.4, -0.2) is 9.97 Å². The lowest BCUT2D eigenvalue weighted by molar-refractivity contribution is 0.919. The smallest absolute Gasteiger partial charge is 0.302 e. The minimum absolute atomic E-state index is 0.314. The van der Waals surface area contributed by atoms with E-state index in [2.05, 4.69) is 22.6 Å². The summed E-state index contributed by atoms with van der Waals surface area (Å²) in [7, 11) is 0. The Morgan fingerprint density at radius 3 is 2.08 bits per heavy atom. The van der Waals surface area contributed by atoms with Crippen LogP contribution in [0, 0.1) is 6.92 Å². The second-order valence-electron chi connectivity index (χ2n) is 1.88. The van der Waals surface area contributed by atoms with E-state index in [4.69, 9.17) is 0 Å². The number of hydrogen-bond donors (Lipinski definition) is 3. The second-order valence-corrected chi connectivity index (χ2v) is 2.33. The van der Waals surface area contributed by atoms with Crippen LogP contribution in [0.15, 0.2) is 14.6 Å². The molecule has 0 aliphatic carbocycles. The summed E-state index contributed by atoms with van der Waals surface area (Å²) in [5, 5.41) is 0.314. The fraction of sp³-hybridized carbons (Fsp3) is 0.429. The number of rotatable bonds is 0. The third-order valence-electron chi connectivity index (χ3n) is 1.15. The highest BCUT2D eigenvalue weighted by Crippen LogP contribution is 1.98. The van der Waals surface area contributed by atoms with Gasteiger partial charge in [0.25, 0.3) is 5.56 Å². The van der Waals surface area contributed by atoms with E-state index in [1.807, 2.05) is 13.8 Å². The summed E-state index contributed by atoms with van der Waals surface area (Å²) in [5.41, 5.74) is -0.503. The summed E-state index contributed by atoms with van der Waals surface area (Å²) in [4.78, 5) is 25.6. The number of hydrogen-bond acceptors (Lipinski definition) is 3. The topological polar surface area (TPSA) is 65.7 Å². The number of thiol groups is 1. The van der Waals surface area contributed by atoms with Gasteiger partial charge in [0.05, 0.1) is 5.03 Å². The van der Waals surface area contributed by atoms with E-state index >= 15 is 0 Å². The second kappa shape index (κ2) is 4.82. The molecular formula is C7H12N2O2S. The Kier molecular flexibility index (Phi) is 4.43. The van der Waals surface area contributed by atoms with Crippen molar-refractivity contribution in [3.63, 3.8) is 0 Å². The Balaban J connectivity index is 0.000000561. The molecule has 1 heterocycles. The lowest BCUT2D eigenvalue weighted by Crippen LogP contribution is -2.24. The van der Waals surface area contributed by atoms with E-state index in [9.17, 15) is 9.59 Å². The maximum Gasteiger partial charge on any atom is 0.326 e. The zero-order valence-electron chi connectivity index (χ0n) is 7.26. The molecule has 0 atom stereocenters. The van der Waals surface area contributed by atoms with Crippen molar-refractivity contribution in [2.45, 2.75) is 25.8 Å². The molecule has 0 amide bonds. The Hall–Kier alpha value is -0.970. The molecule has 1 rings (SSSR count). The van der Waals surface area contributed by atoms with Crippen molar-refractivity contribution in [1.82, 2.24) is 9.97 Å². The van der Waals surface area contributed by atoms with Crippen molar-refractivity contribution >= 4 is 12.6 Å². The predicted molar refractivity (Wildman–Crippen MR) is 51.0 cm³/mol. The Labute approximate surface area is 75.4 Å². The lowest BCUT2D eigenvalue weighted by atomic mass is 10.4. The molecule has 4 nitrogen and oxygen atoms in total. The first-order valence-electron chi connectivity index (χ1n) is 3.63. The van der Waals surface area contributed by atoms with E-state index in [1.54, 1.807) is 6.92 Å². The molecule has 0 radical (unpaired) electrons. The fourth-order valence-electron chi connectivity index (χ4n) is 0.537. The molecule has 0 bridgehead atoms. The van der Waals surface area contributed by atoms with Crippen LogP contribution < -0.4 is 11.2 Å². The summed E-state index contributed by atoms with van der Waals surface area (Å²) in [6.07, 6.45) is 0. The number of aromatic nitrogens is 2. The summed E-state index contributed by atoms with van der Waals surface area (Å²) in [6, 6.07) is 0. The molecule has 0 aliphatic heterocycles. The molecule has 0 spiro atoms. The van der Waals surface area contributed by atoms with Crippen LogP contribution >= 0.6 is 12.6 Å². The minimum Gasteiger partial charge on any atom is -0.302 e. The largest absolute Gasteiger partial charge is 0.326 e. The molecule has 5 heteroatoms. The van der Waals surface area contributed by atoms with Crippen molar-refractivity contribution < 1.29 is 0 Å². The highest BCUT2D eigenvalue weighted by Gasteiger charge is 1.97. The third kappa shape index (κ3) is 2.58. The molecule has 0 saturated heterocycles. The molecule has 1 aromatic heterocycles. The Morgan fingerprint density at radius 2 is 1.67 bits per heavy atom. The van der Waals surface area contributed by atoms with E-state index < -0.39 is 11.2 Å². The fourth-order valence-corrected chi connectivity index (χ4v) is 0.740. The van der Waals surface area contributed by atoms with Crippen molar-refractivity contribution in [2.24, 2.45) is 0 Å². The number of H-pyrrole nitrogens is 2. The van der Waals surface area contributed by atoms with Crippen LogP contribution in [0.2, 0.25) is 0 Å². The van der Waals surface area contributed by atoms with Crippen LogP contribution in [0.3, 0.4) is 0 Å². The average molecular weight is 188 g/mol. The van der Waals surface area contributed by atoms with Gasteiger partial charge < -0.3 is 4.98 Å². The van der Waals surface area contributed by atoms with Gasteiger partial charge in [-0.1, -0.05) is 13.8 Å². The first-order valence-corrected chi connectivity index (χ1v) is 4.08. The van der Waals surface area contributed by atoms with Crippen LogP contribution in [0.25, 0.3) is 0 Å². The zero-order valence-corrected chi connectivity index (χ0v) is 8.16. The van der Waals surface area contributed by atoms with Gasteiger partial charge in [-0.2, -0.15) is 0 Å². The normalized spacial score (nSPS) is 8.67. The average Bonchev–Trinajstić information content (AvgIpc) is 2.04. The van der Waals surface area contributed by atoms with Gasteiger partial charge >= 0.3 is 5.69 Å². The molecule has 2 N–H and O–H groups in total. The van der Waals surface area contributed by atoms with Gasteiger partial charge in [-0.25, -0.2) is 4.79 Å². The van der Waals surface area contributed by atoms with Gasteiger partial charge in [0, 0.05) is 5.56 Å². The van der Waals surface area contributed by atoms with E-state index in [0.717, 1.165) is 0 Å². The van der Waals surface area contributed by atoms with Crippen molar-refractivity contribution in [1.29, 1.82) is 0 Å². The van der Waals surface area contributed by atoms with E-state index in [-0.39, 0.29) is 0 Å². The molecule has 1 aromatic rings. The van der Waals surface area contributed by atoms with Gasteiger partial charge in [-0.15, -0.1) is 12.6 Å². The number of nitrogens with one attached hydrogen (secondary N) is 2. The molecule has 0 aromatic carbocycles. The maximum atomic E-state index is 10.7. The monoisotopic (exact) mass is 188 g/mol. The third-order valence-corrected chi connectivity index (χ3v) is 1.60. The summed E-state index contributed by atoms with van der Waals surface area (Å²) in [6.45, 7) is 5.58. The van der Waals surface area contributed by atoms with E-state index in [1.165, 1.54) is 0 Å². The first kappa shape index (κ1) is 11.0. The van der Waals surface area contributed by atoms with Gasteiger partial charge in [0.2, 0.25) is 0 Å². The van der Waals surface area contributed by atoms with Gasteiger partial charge in [-0.3, -0.25) is 9.78 Å².